The maximum Gasteiger partial charge on any atom is 0.250 e. The first-order valence-electron chi connectivity index (χ1n) is 7.50. The number of halogens is 2. The molecule has 0 aliphatic carbocycles. The lowest BCUT2D eigenvalue weighted by molar-refractivity contribution is -0.118. The van der Waals surface area contributed by atoms with E-state index in [1.165, 1.54) is 0 Å². The lowest BCUT2D eigenvalue weighted by Crippen LogP contribution is -2.22. The number of nitrogens with zero attached hydrogens (tertiary/aromatic N) is 1. The molecule has 2 N–H and O–H groups in total. The van der Waals surface area contributed by atoms with Crippen LogP contribution in [0.4, 0.5) is 5.69 Å². The minimum Gasteiger partial charge on any atom is -0.325 e. The van der Waals surface area contributed by atoms with Crippen LogP contribution in [0.1, 0.15) is 16.7 Å². The molecule has 2 rings (SSSR count). The molecule has 2 aromatic carbocycles. The summed E-state index contributed by atoms with van der Waals surface area (Å²) in [5.74, 6) is -0.422. The van der Waals surface area contributed by atoms with Crippen molar-refractivity contribution >= 4 is 55.1 Å². The second-order valence-corrected chi connectivity index (χ2v) is 6.35. The van der Waals surface area contributed by atoms with Gasteiger partial charge in [-0.1, -0.05) is 73.8 Å². The number of rotatable bonds is 6. The molecule has 0 saturated heterocycles. The largest absolute Gasteiger partial charge is 0.325 e. The van der Waals surface area contributed by atoms with Gasteiger partial charge in [0.15, 0.2) is 0 Å². The normalized spacial score (nSPS) is 11.1. The molecule has 0 heterocycles. The number of alkyl halides is 2. The van der Waals surface area contributed by atoms with Gasteiger partial charge in [0.05, 0.1) is 22.1 Å². The summed E-state index contributed by atoms with van der Waals surface area (Å²) in [7, 11) is 0. The van der Waals surface area contributed by atoms with Crippen LogP contribution in [-0.2, 0) is 9.59 Å². The Labute approximate surface area is 163 Å². The summed E-state index contributed by atoms with van der Waals surface area (Å²) in [4.78, 5) is 23.4. The summed E-state index contributed by atoms with van der Waals surface area (Å²) in [6.45, 7) is 1.96. The number of amides is 2. The van der Waals surface area contributed by atoms with Crippen molar-refractivity contribution in [2.75, 3.05) is 16.0 Å². The molecule has 0 aliphatic rings. The van der Waals surface area contributed by atoms with Gasteiger partial charge in [0.2, 0.25) is 5.91 Å². The molecule has 25 heavy (non-hydrogen) atoms. The Morgan fingerprint density at radius 2 is 1.68 bits per heavy atom. The Morgan fingerprint density at radius 1 is 1.00 bits per heavy atom. The van der Waals surface area contributed by atoms with Gasteiger partial charge in [-0.3, -0.25) is 9.59 Å². The predicted octanol–water partition coefficient (Wildman–Crippen LogP) is 3.59. The van der Waals surface area contributed by atoms with Crippen molar-refractivity contribution in [3.63, 3.8) is 0 Å². The van der Waals surface area contributed by atoms with Gasteiger partial charge >= 0.3 is 0 Å². The second kappa shape index (κ2) is 9.48. The summed E-state index contributed by atoms with van der Waals surface area (Å²) in [5, 5.41) is 7.49. The van der Waals surface area contributed by atoms with E-state index in [9.17, 15) is 9.59 Å². The quantitative estimate of drug-likeness (QED) is 0.388. The minimum absolute atomic E-state index is 0.152. The van der Waals surface area contributed by atoms with Crippen molar-refractivity contribution in [3.8, 4) is 0 Å². The van der Waals surface area contributed by atoms with E-state index < -0.39 is 0 Å². The molecule has 0 unspecified atom stereocenters. The van der Waals surface area contributed by atoms with E-state index in [0.717, 1.165) is 16.7 Å². The van der Waals surface area contributed by atoms with E-state index in [2.05, 4.69) is 47.7 Å². The van der Waals surface area contributed by atoms with Crippen LogP contribution < -0.4 is 10.7 Å². The number of benzene rings is 2. The molecule has 130 valence electrons. The van der Waals surface area contributed by atoms with Gasteiger partial charge in [0.1, 0.15) is 0 Å². The minimum atomic E-state index is -0.257. The third-order valence-electron chi connectivity index (χ3n) is 3.29. The van der Waals surface area contributed by atoms with Crippen LogP contribution in [0.5, 0.6) is 0 Å². The fraction of sp³-hybridized carbons (Fsp3) is 0.167. The maximum atomic E-state index is 11.8. The van der Waals surface area contributed by atoms with Gasteiger partial charge in [0.25, 0.3) is 5.91 Å². The Kier molecular flexibility index (Phi) is 7.33. The molecule has 0 saturated carbocycles. The summed E-state index contributed by atoms with van der Waals surface area (Å²) < 4.78 is 0. The number of nitrogens with one attached hydrogen (secondary N) is 2. The first-order valence-corrected chi connectivity index (χ1v) is 9.74. The van der Waals surface area contributed by atoms with Gasteiger partial charge < -0.3 is 5.32 Å². The number of carbonyl (C=O) groups is 2. The predicted molar refractivity (Wildman–Crippen MR) is 108 cm³/mol. The van der Waals surface area contributed by atoms with Crippen LogP contribution in [0.25, 0.3) is 0 Å². The molecule has 0 bridgehead atoms. The summed E-state index contributed by atoms with van der Waals surface area (Å²) in [5.41, 5.74) is 6.31. The number of carbonyl (C=O) groups excluding carboxylic acids is 2. The smallest absolute Gasteiger partial charge is 0.250 e. The standard InChI is InChI=1S/C18H17Br2N3O2/c1-12-7-8-15(21-16(24)10-19)14(9-12)18(23-22-17(25)11-20)13-5-3-2-4-6-13/h2-9H,10-11H2,1H3,(H,21,24)(H,22,25). The SMILES string of the molecule is Cc1ccc(NC(=O)CBr)c(C(=NNC(=O)CBr)c2ccccc2)c1. The van der Waals surface area contributed by atoms with Crippen LogP contribution in [0.15, 0.2) is 53.6 Å². The van der Waals surface area contributed by atoms with Crippen molar-refractivity contribution in [1.82, 2.24) is 5.43 Å². The molecule has 5 nitrogen and oxygen atoms in total. The third-order valence-corrected chi connectivity index (χ3v) is 4.31. The van der Waals surface area contributed by atoms with Crippen LogP contribution in [0.3, 0.4) is 0 Å². The second-order valence-electron chi connectivity index (χ2n) is 5.23. The number of hydrazone groups is 1. The van der Waals surface area contributed by atoms with Crippen molar-refractivity contribution in [3.05, 3.63) is 65.2 Å². The first-order chi connectivity index (χ1) is 12.0. The van der Waals surface area contributed by atoms with Gasteiger partial charge in [-0.2, -0.15) is 5.10 Å². The Hall–Kier alpha value is -1.99. The fourth-order valence-electron chi connectivity index (χ4n) is 2.17. The fourth-order valence-corrected chi connectivity index (χ4v) is 2.44. The molecule has 7 heteroatoms. The van der Waals surface area contributed by atoms with Crippen molar-refractivity contribution in [2.45, 2.75) is 6.92 Å². The van der Waals surface area contributed by atoms with Gasteiger partial charge in [-0.05, 0) is 19.1 Å². The zero-order valence-corrected chi connectivity index (χ0v) is 16.7. The molecular formula is C18H17Br2N3O2. The van der Waals surface area contributed by atoms with Gasteiger partial charge in [0, 0.05) is 11.1 Å². The number of hydrogen-bond donors (Lipinski definition) is 2. The molecule has 0 spiro atoms. The number of anilines is 1. The van der Waals surface area contributed by atoms with E-state index in [-0.39, 0.29) is 22.5 Å². The van der Waals surface area contributed by atoms with E-state index >= 15 is 0 Å². The Balaban J connectivity index is 2.55. The Bertz CT molecular complexity index is 792. The molecule has 0 fully saturated rings. The summed E-state index contributed by atoms with van der Waals surface area (Å²) >= 11 is 6.25. The average molecular weight is 467 g/mol. The topological polar surface area (TPSA) is 70.6 Å². The van der Waals surface area contributed by atoms with Crippen molar-refractivity contribution in [1.29, 1.82) is 0 Å². The molecule has 2 amide bonds. The van der Waals surface area contributed by atoms with Crippen molar-refractivity contribution < 1.29 is 9.59 Å². The highest BCUT2D eigenvalue weighted by Crippen LogP contribution is 2.22. The molecule has 0 aliphatic heterocycles. The van der Waals surface area contributed by atoms with Crippen LogP contribution >= 0.6 is 31.9 Å². The molecule has 0 atom stereocenters. The molecule has 2 aromatic rings. The highest BCUT2D eigenvalue weighted by atomic mass is 79.9. The first kappa shape index (κ1) is 19.3. The highest BCUT2D eigenvalue weighted by molar-refractivity contribution is 9.09. The average Bonchev–Trinajstić information content (AvgIpc) is 2.64. The maximum absolute atomic E-state index is 11.8. The van der Waals surface area contributed by atoms with E-state index in [0.29, 0.717) is 11.4 Å². The highest BCUT2D eigenvalue weighted by Gasteiger charge is 2.14. The van der Waals surface area contributed by atoms with Crippen molar-refractivity contribution in [2.24, 2.45) is 5.10 Å². The zero-order valence-electron chi connectivity index (χ0n) is 13.6. The number of hydrogen-bond acceptors (Lipinski definition) is 3. The lowest BCUT2D eigenvalue weighted by atomic mass is 9.99. The lowest BCUT2D eigenvalue weighted by Gasteiger charge is -2.14. The number of aryl methyl sites for hydroxylation is 1. The summed E-state index contributed by atoms with van der Waals surface area (Å²) in [6, 6.07) is 15.2. The van der Waals surface area contributed by atoms with E-state index in [4.69, 9.17) is 0 Å². The van der Waals surface area contributed by atoms with Crippen LogP contribution in [0, 0.1) is 6.92 Å². The van der Waals surface area contributed by atoms with Gasteiger partial charge in [-0.25, -0.2) is 5.43 Å². The zero-order chi connectivity index (χ0) is 18.2. The monoisotopic (exact) mass is 465 g/mol. The van der Waals surface area contributed by atoms with E-state index in [1.54, 1.807) is 0 Å². The Morgan fingerprint density at radius 3 is 2.32 bits per heavy atom. The third kappa shape index (κ3) is 5.51. The molecule has 0 radical (unpaired) electrons. The summed E-state index contributed by atoms with van der Waals surface area (Å²) in [6.07, 6.45) is 0. The molecular weight excluding hydrogens is 450 g/mol. The van der Waals surface area contributed by atoms with Crippen LogP contribution in [0.2, 0.25) is 0 Å². The van der Waals surface area contributed by atoms with Gasteiger partial charge in [-0.15, -0.1) is 0 Å². The van der Waals surface area contributed by atoms with Crippen LogP contribution in [-0.4, -0.2) is 28.2 Å². The molecule has 0 aromatic heterocycles. The van der Waals surface area contributed by atoms with E-state index in [1.807, 2.05) is 55.5 Å².